The summed E-state index contributed by atoms with van der Waals surface area (Å²) in [5.74, 6) is 0.548. The number of aromatic nitrogens is 1. The van der Waals surface area contributed by atoms with Crippen LogP contribution in [-0.2, 0) is 12.8 Å². The number of carboxylic acids is 1. The van der Waals surface area contributed by atoms with Crippen LogP contribution in [0.3, 0.4) is 0 Å². The minimum Gasteiger partial charge on any atom is -0.496 e. The molecule has 4 nitrogen and oxygen atoms in total. The molecule has 126 valence electrons. The maximum absolute atomic E-state index is 11.3. The predicted molar refractivity (Wildman–Crippen MR) is 92.9 cm³/mol. The van der Waals surface area contributed by atoms with Crippen molar-refractivity contribution in [2.45, 2.75) is 44.9 Å². The van der Waals surface area contributed by atoms with E-state index in [1.54, 1.807) is 25.6 Å². The maximum Gasteiger partial charge on any atom is 0.336 e. The molecule has 0 amide bonds. The monoisotopic (exact) mass is 325 g/mol. The van der Waals surface area contributed by atoms with Crippen LogP contribution in [0.2, 0.25) is 0 Å². The highest BCUT2D eigenvalue weighted by Gasteiger charge is 2.22. The first-order valence-electron chi connectivity index (χ1n) is 8.43. The number of benzene rings is 1. The minimum absolute atomic E-state index is 0.368. The number of hydrogen-bond acceptors (Lipinski definition) is 3. The molecule has 0 aliphatic heterocycles. The second-order valence-corrected chi connectivity index (χ2v) is 6.49. The number of nitrogens with zero attached hydrogens (tertiary/aromatic N) is 1. The third-order valence-corrected chi connectivity index (χ3v) is 4.99. The van der Waals surface area contributed by atoms with Gasteiger partial charge in [-0.25, -0.2) is 4.79 Å². The third-order valence-electron chi connectivity index (χ3n) is 4.99. The van der Waals surface area contributed by atoms with E-state index >= 15 is 0 Å². The molecule has 1 unspecified atom stereocenters. The lowest BCUT2D eigenvalue weighted by Gasteiger charge is -2.27. The standard InChI is InChI=1S/C20H23NO3/c1-13-10-18-14(4-3-5-15(18)11-19(13)24-2)6-7-16-12-21-9-8-17(16)20(22)23/h8-12,14H,3-7H2,1-2H3,(H,22,23). The van der Waals surface area contributed by atoms with Gasteiger partial charge in [-0.3, -0.25) is 4.98 Å². The quantitative estimate of drug-likeness (QED) is 0.897. The van der Waals surface area contributed by atoms with Gasteiger partial charge >= 0.3 is 5.97 Å². The number of aromatic carboxylic acids is 1. The molecule has 24 heavy (non-hydrogen) atoms. The lowest BCUT2D eigenvalue weighted by atomic mass is 9.79. The van der Waals surface area contributed by atoms with E-state index in [2.05, 4.69) is 24.0 Å². The second kappa shape index (κ2) is 7.04. The first-order valence-corrected chi connectivity index (χ1v) is 8.43. The van der Waals surface area contributed by atoms with Gasteiger partial charge in [0.2, 0.25) is 0 Å². The van der Waals surface area contributed by atoms with Crippen molar-refractivity contribution < 1.29 is 14.6 Å². The number of ether oxygens (including phenoxy) is 1. The summed E-state index contributed by atoms with van der Waals surface area (Å²) in [6.07, 6.45) is 8.33. The fourth-order valence-electron chi connectivity index (χ4n) is 3.73. The highest BCUT2D eigenvalue weighted by atomic mass is 16.5. The number of carbonyl (C=O) groups is 1. The molecule has 0 bridgehead atoms. The van der Waals surface area contributed by atoms with E-state index in [9.17, 15) is 9.90 Å². The molecule has 1 aliphatic carbocycles. The van der Waals surface area contributed by atoms with Gasteiger partial charge in [-0.2, -0.15) is 0 Å². The van der Waals surface area contributed by atoms with Crippen molar-refractivity contribution in [1.29, 1.82) is 0 Å². The third kappa shape index (κ3) is 3.28. The Morgan fingerprint density at radius 3 is 3.00 bits per heavy atom. The smallest absolute Gasteiger partial charge is 0.336 e. The molecule has 0 spiro atoms. The molecule has 0 radical (unpaired) electrons. The van der Waals surface area contributed by atoms with Crippen molar-refractivity contribution in [3.8, 4) is 5.75 Å². The SMILES string of the molecule is COc1cc2c(cc1C)C(CCc1cnccc1C(=O)O)CCC2. The number of methoxy groups -OCH3 is 1. The number of aryl methyl sites for hydroxylation is 3. The van der Waals surface area contributed by atoms with Crippen molar-refractivity contribution in [2.75, 3.05) is 7.11 Å². The normalized spacial score (nSPS) is 16.5. The average molecular weight is 325 g/mol. The summed E-state index contributed by atoms with van der Waals surface area (Å²) in [4.78, 5) is 15.4. The van der Waals surface area contributed by atoms with Crippen LogP contribution in [-0.4, -0.2) is 23.2 Å². The molecule has 3 rings (SSSR count). The molecule has 2 aromatic rings. The Labute approximate surface area is 142 Å². The second-order valence-electron chi connectivity index (χ2n) is 6.49. The Kier molecular flexibility index (Phi) is 4.84. The zero-order valence-corrected chi connectivity index (χ0v) is 14.2. The van der Waals surface area contributed by atoms with E-state index in [-0.39, 0.29) is 0 Å². The van der Waals surface area contributed by atoms with Crippen molar-refractivity contribution in [2.24, 2.45) is 0 Å². The highest BCUT2D eigenvalue weighted by Crippen LogP contribution is 2.38. The van der Waals surface area contributed by atoms with Crippen LogP contribution < -0.4 is 4.74 Å². The van der Waals surface area contributed by atoms with Gasteiger partial charge in [-0.1, -0.05) is 6.07 Å². The lowest BCUT2D eigenvalue weighted by Crippen LogP contribution is -2.12. The van der Waals surface area contributed by atoms with Crippen LogP contribution in [0.15, 0.2) is 30.6 Å². The minimum atomic E-state index is -0.878. The number of pyridine rings is 1. The topological polar surface area (TPSA) is 59.4 Å². The fraction of sp³-hybridized carbons (Fsp3) is 0.400. The van der Waals surface area contributed by atoms with Gasteiger partial charge in [0.15, 0.2) is 0 Å². The molecule has 1 N–H and O–H groups in total. The van der Waals surface area contributed by atoms with Crippen molar-refractivity contribution in [1.82, 2.24) is 4.98 Å². The largest absolute Gasteiger partial charge is 0.496 e. The highest BCUT2D eigenvalue weighted by molar-refractivity contribution is 5.89. The number of carboxylic acid groups (broad SMARTS) is 1. The Bertz CT molecular complexity index is 755. The summed E-state index contributed by atoms with van der Waals surface area (Å²) < 4.78 is 5.44. The van der Waals surface area contributed by atoms with Gasteiger partial charge < -0.3 is 9.84 Å². The number of rotatable bonds is 5. The van der Waals surface area contributed by atoms with E-state index in [0.29, 0.717) is 11.5 Å². The van der Waals surface area contributed by atoms with Crippen LogP contribution in [0.1, 0.15) is 57.8 Å². The summed E-state index contributed by atoms with van der Waals surface area (Å²) >= 11 is 0. The molecule has 0 saturated heterocycles. The lowest BCUT2D eigenvalue weighted by molar-refractivity contribution is 0.0695. The van der Waals surface area contributed by atoms with Crippen molar-refractivity contribution in [3.63, 3.8) is 0 Å². The van der Waals surface area contributed by atoms with Gasteiger partial charge in [0, 0.05) is 12.4 Å². The number of hydrogen-bond donors (Lipinski definition) is 1. The Balaban J connectivity index is 1.81. The molecule has 1 aromatic carbocycles. The summed E-state index contributed by atoms with van der Waals surface area (Å²) in [6.45, 7) is 2.08. The van der Waals surface area contributed by atoms with E-state index in [1.807, 2.05) is 0 Å². The predicted octanol–water partition coefficient (Wildman–Crippen LogP) is 4.15. The molecular weight excluding hydrogens is 302 g/mol. The first-order chi connectivity index (χ1) is 11.6. The van der Waals surface area contributed by atoms with Crippen LogP contribution >= 0.6 is 0 Å². The number of fused-ring (bicyclic) bond motifs is 1. The molecule has 1 atom stereocenters. The zero-order valence-electron chi connectivity index (χ0n) is 14.2. The van der Waals surface area contributed by atoms with Gasteiger partial charge in [-0.15, -0.1) is 0 Å². The zero-order chi connectivity index (χ0) is 17.1. The molecule has 0 fully saturated rings. The van der Waals surface area contributed by atoms with E-state index in [1.165, 1.54) is 17.5 Å². The summed E-state index contributed by atoms with van der Waals surface area (Å²) in [5.41, 5.74) is 5.13. The maximum atomic E-state index is 11.3. The van der Waals surface area contributed by atoms with E-state index in [4.69, 9.17) is 4.74 Å². The van der Waals surface area contributed by atoms with Gasteiger partial charge in [-0.05, 0) is 79.3 Å². The van der Waals surface area contributed by atoms with Gasteiger partial charge in [0.25, 0.3) is 0 Å². The van der Waals surface area contributed by atoms with Crippen LogP contribution in [0.4, 0.5) is 0 Å². The molecule has 1 aromatic heterocycles. The summed E-state index contributed by atoms with van der Waals surface area (Å²) in [6, 6.07) is 6.00. The van der Waals surface area contributed by atoms with Gasteiger partial charge in [0.05, 0.1) is 12.7 Å². The van der Waals surface area contributed by atoms with E-state index in [0.717, 1.165) is 42.6 Å². The summed E-state index contributed by atoms with van der Waals surface area (Å²) in [5, 5.41) is 9.31. The van der Waals surface area contributed by atoms with Crippen molar-refractivity contribution in [3.05, 3.63) is 58.4 Å². The fourth-order valence-corrected chi connectivity index (χ4v) is 3.73. The Hall–Kier alpha value is -2.36. The van der Waals surface area contributed by atoms with Crippen LogP contribution in [0.5, 0.6) is 5.75 Å². The Morgan fingerprint density at radius 1 is 1.42 bits per heavy atom. The van der Waals surface area contributed by atoms with Crippen LogP contribution in [0.25, 0.3) is 0 Å². The Morgan fingerprint density at radius 2 is 2.25 bits per heavy atom. The molecule has 4 heteroatoms. The van der Waals surface area contributed by atoms with Gasteiger partial charge in [0.1, 0.15) is 5.75 Å². The van der Waals surface area contributed by atoms with E-state index < -0.39 is 5.97 Å². The molecular formula is C20H23NO3. The molecule has 0 saturated carbocycles. The van der Waals surface area contributed by atoms with Crippen LogP contribution in [0, 0.1) is 6.92 Å². The first kappa shape index (κ1) is 16.5. The molecule has 1 aliphatic rings. The average Bonchev–Trinajstić information content (AvgIpc) is 2.59. The molecule has 1 heterocycles. The van der Waals surface area contributed by atoms with Crippen molar-refractivity contribution >= 4 is 5.97 Å². The summed E-state index contributed by atoms with van der Waals surface area (Å²) in [7, 11) is 1.71.